The molecule has 0 aliphatic carbocycles. The standard InChI is InChI=1S/C60H38N6/c61-39-49-33-34-51(52-27-14-13-26-50(49)52)47-24-15-25-48(36-47)60-65-58(44-22-11-4-12-23-44)64-59(66-60)45-30-28-41(29-31-45)54-37-46(40-16-5-1-6-17-40)32-35-53(54)56-38-55(42-18-7-2-8-19-42)62-57(63-56)43-20-9-3-10-21-43/h1-38H. The lowest BCUT2D eigenvalue weighted by atomic mass is 9.92. The van der Waals surface area contributed by atoms with E-state index in [0.29, 0.717) is 28.9 Å². The van der Waals surface area contributed by atoms with Crippen LogP contribution in [-0.2, 0) is 0 Å². The number of fused-ring (bicyclic) bond motifs is 1. The average molecular weight is 843 g/mol. The van der Waals surface area contributed by atoms with E-state index in [2.05, 4.69) is 121 Å². The number of nitriles is 1. The van der Waals surface area contributed by atoms with Crippen molar-refractivity contribution in [3.8, 4) is 108 Å². The first kappa shape index (κ1) is 39.7. The van der Waals surface area contributed by atoms with Crippen molar-refractivity contribution in [2.75, 3.05) is 0 Å². The lowest BCUT2D eigenvalue weighted by Gasteiger charge is -2.15. The monoisotopic (exact) mass is 842 g/mol. The second-order valence-electron chi connectivity index (χ2n) is 16.0. The molecule has 0 saturated heterocycles. The number of aromatic nitrogens is 5. The molecule has 11 aromatic rings. The fourth-order valence-corrected chi connectivity index (χ4v) is 8.50. The average Bonchev–Trinajstić information content (AvgIpc) is 3.41. The molecule has 11 rings (SSSR count). The van der Waals surface area contributed by atoms with Crippen molar-refractivity contribution in [3.63, 3.8) is 0 Å². The van der Waals surface area contributed by atoms with Gasteiger partial charge in [0.1, 0.15) is 0 Å². The fourth-order valence-electron chi connectivity index (χ4n) is 8.50. The van der Waals surface area contributed by atoms with E-state index in [4.69, 9.17) is 24.9 Å². The highest BCUT2D eigenvalue weighted by molar-refractivity contribution is 6.00. The SMILES string of the molecule is N#Cc1ccc(-c2cccc(-c3nc(-c4ccccc4)nc(-c4ccc(-c5cc(-c6ccccc6)ccc5-c5cc(-c6ccccc6)nc(-c6ccccc6)n5)cc4)n3)c2)c2ccccc12. The topological polar surface area (TPSA) is 88.2 Å². The Morgan fingerprint density at radius 3 is 1.35 bits per heavy atom. The third-order valence-electron chi connectivity index (χ3n) is 11.8. The highest BCUT2D eigenvalue weighted by Gasteiger charge is 2.18. The predicted octanol–water partition coefficient (Wildman–Crippen LogP) is 14.7. The van der Waals surface area contributed by atoms with Crippen molar-refractivity contribution in [1.82, 2.24) is 24.9 Å². The molecule has 2 aromatic heterocycles. The Morgan fingerprint density at radius 1 is 0.258 bits per heavy atom. The van der Waals surface area contributed by atoms with Gasteiger partial charge in [0.2, 0.25) is 0 Å². The molecular weight excluding hydrogens is 805 g/mol. The third-order valence-corrected chi connectivity index (χ3v) is 11.8. The maximum atomic E-state index is 9.83. The molecule has 6 heteroatoms. The van der Waals surface area contributed by atoms with Crippen LogP contribution in [0.3, 0.4) is 0 Å². The summed E-state index contributed by atoms with van der Waals surface area (Å²) in [5.41, 5.74) is 14.2. The van der Waals surface area contributed by atoms with Crippen LogP contribution >= 0.6 is 0 Å². The molecule has 0 aliphatic heterocycles. The Hall–Kier alpha value is -9.18. The molecule has 0 spiro atoms. The van der Waals surface area contributed by atoms with Gasteiger partial charge < -0.3 is 0 Å². The lowest BCUT2D eigenvalue weighted by molar-refractivity contribution is 1.07. The maximum absolute atomic E-state index is 9.83. The molecule has 6 nitrogen and oxygen atoms in total. The quantitative estimate of drug-likeness (QED) is 0.144. The maximum Gasteiger partial charge on any atom is 0.164 e. The molecule has 0 radical (unpaired) electrons. The molecule has 9 aromatic carbocycles. The van der Waals surface area contributed by atoms with Crippen molar-refractivity contribution >= 4 is 10.8 Å². The minimum absolute atomic E-state index is 0.563. The molecule has 0 atom stereocenters. The largest absolute Gasteiger partial charge is 0.228 e. The third kappa shape index (κ3) is 7.89. The summed E-state index contributed by atoms with van der Waals surface area (Å²) in [6.45, 7) is 0. The van der Waals surface area contributed by atoms with Crippen molar-refractivity contribution < 1.29 is 0 Å². The number of rotatable bonds is 9. The van der Waals surface area contributed by atoms with Gasteiger partial charge >= 0.3 is 0 Å². The van der Waals surface area contributed by atoms with Gasteiger partial charge in [0.05, 0.1) is 23.0 Å². The van der Waals surface area contributed by atoms with Gasteiger partial charge in [-0.3, -0.25) is 0 Å². The van der Waals surface area contributed by atoms with Gasteiger partial charge in [0.25, 0.3) is 0 Å². The minimum atomic E-state index is 0.563. The summed E-state index contributed by atoms with van der Waals surface area (Å²) in [7, 11) is 0. The van der Waals surface area contributed by atoms with E-state index in [1.54, 1.807) is 0 Å². The summed E-state index contributed by atoms with van der Waals surface area (Å²) in [6.07, 6.45) is 0. The van der Waals surface area contributed by atoms with Crippen LogP contribution in [0.2, 0.25) is 0 Å². The Balaban J connectivity index is 1.03. The summed E-state index contributed by atoms with van der Waals surface area (Å²) >= 11 is 0. The highest BCUT2D eigenvalue weighted by atomic mass is 15.0. The number of benzene rings is 9. The first-order valence-corrected chi connectivity index (χ1v) is 21.8. The van der Waals surface area contributed by atoms with Crippen LogP contribution < -0.4 is 0 Å². The summed E-state index contributed by atoms with van der Waals surface area (Å²) in [4.78, 5) is 25.6. The van der Waals surface area contributed by atoms with Crippen LogP contribution in [0.1, 0.15) is 5.56 Å². The van der Waals surface area contributed by atoms with Crippen LogP contribution in [0.4, 0.5) is 0 Å². The second kappa shape index (κ2) is 17.5. The van der Waals surface area contributed by atoms with Gasteiger partial charge in [0, 0.05) is 38.8 Å². The molecule has 308 valence electrons. The van der Waals surface area contributed by atoms with Crippen molar-refractivity contribution in [2.24, 2.45) is 0 Å². The molecule has 2 heterocycles. The van der Waals surface area contributed by atoms with Crippen LogP contribution in [0.15, 0.2) is 231 Å². The predicted molar refractivity (Wildman–Crippen MR) is 267 cm³/mol. The Labute approximate surface area is 382 Å². The normalized spacial score (nSPS) is 11.0. The van der Waals surface area contributed by atoms with E-state index in [9.17, 15) is 5.26 Å². The van der Waals surface area contributed by atoms with Crippen LogP contribution in [0.5, 0.6) is 0 Å². The zero-order valence-corrected chi connectivity index (χ0v) is 35.6. The molecule has 0 bridgehead atoms. The zero-order valence-electron chi connectivity index (χ0n) is 35.6. The van der Waals surface area contributed by atoms with E-state index in [1.165, 1.54) is 0 Å². The van der Waals surface area contributed by atoms with Gasteiger partial charge in [-0.2, -0.15) is 5.26 Å². The molecule has 0 saturated carbocycles. The summed E-state index contributed by atoms with van der Waals surface area (Å²) in [5, 5.41) is 11.8. The summed E-state index contributed by atoms with van der Waals surface area (Å²) in [5.74, 6) is 2.37. The first-order valence-electron chi connectivity index (χ1n) is 21.8. The van der Waals surface area contributed by atoms with Crippen LogP contribution in [0, 0.1) is 11.3 Å². The van der Waals surface area contributed by atoms with E-state index in [0.717, 1.165) is 88.9 Å². The molecule has 66 heavy (non-hydrogen) atoms. The Bertz CT molecular complexity index is 3510. The molecule has 0 unspecified atom stereocenters. The molecular formula is C60H38N6. The van der Waals surface area contributed by atoms with Crippen molar-refractivity contribution in [1.29, 1.82) is 5.26 Å². The second-order valence-corrected chi connectivity index (χ2v) is 16.0. The number of hydrogen-bond donors (Lipinski definition) is 0. The highest BCUT2D eigenvalue weighted by Crippen LogP contribution is 2.39. The molecule has 0 fully saturated rings. The van der Waals surface area contributed by atoms with E-state index in [1.807, 2.05) is 115 Å². The Morgan fingerprint density at radius 2 is 0.712 bits per heavy atom. The first-order chi connectivity index (χ1) is 32.6. The molecule has 0 aliphatic rings. The summed E-state index contributed by atoms with van der Waals surface area (Å²) in [6, 6.07) is 80.6. The van der Waals surface area contributed by atoms with Crippen molar-refractivity contribution in [3.05, 3.63) is 236 Å². The minimum Gasteiger partial charge on any atom is -0.228 e. The summed E-state index contributed by atoms with van der Waals surface area (Å²) < 4.78 is 0. The molecule has 0 N–H and O–H groups in total. The van der Waals surface area contributed by atoms with E-state index < -0.39 is 0 Å². The smallest absolute Gasteiger partial charge is 0.164 e. The fraction of sp³-hybridized carbons (Fsp3) is 0. The zero-order chi connectivity index (χ0) is 44.2. The van der Waals surface area contributed by atoms with Gasteiger partial charge in [-0.25, -0.2) is 24.9 Å². The van der Waals surface area contributed by atoms with E-state index in [-0.39, 0.29) is 0 Å². The van der Waals surface area contributed by atoms with Crippen LogP contribution in [-0.4, -0.2) is 24.9 Å². The van der Waals surface area contributed by atoms with Crippen LogP contribution in [0.25, 0.3) is 112 Å². The van der Waals surface area contributed by atoms with Crippen molar-refractivity contribution in [2.45, 2.75) is 0 Å². The number of hydrogen-bond acceptors (Lipinski definition) is 6. The molecule has 0 amide bonds. The van der Waals surface area contributed by atoms with Gasteiger partial charge in [-0.1, -0.05) is 206 Å². The number of nitrogens with zero attached hydrogens (tertiary/aromatic N) is 6. The lowest BCUT2D eigenvalue weighted by Crippen LogP contribution is -2.00. The van der Waals surface area contributed by atoms with Gasteiger partial charge in [-0.15, -0.1) is 0 Å². The Kier molecular flexibility index (Phi) is 10.5. The van der Waals surface area contributed by atoms with Gasteiger partial charge in [0.15, 0.2) is 23.3 Å². The van der Waals surface area contributed by atoms with Gasteiger partial charge in [-0.05, 0) is 63.0 Å². The van der Waals surface area contributed by atoms with E-state index >= 15 is 0 Å².